The topological polar surface area (TPSA) is 101 Å². The van der Waals surface area contributed by atoms with E-state index in [0.29, 0.717) is 5.69 Å². The molecule has 0 heterocycles. The van der Waals surface area contributed by atoms with E-state index in [9.17, 15) is 13.2 Å². The number of amides is 2. The van der Waals surface area contributed by atoms with E-state index in [1.54, 1.807) is 0 Å². The first-order chi connectivity index (χ1) is 7.79. The molecule has 1 aromatic rings. The molecule has 0 fully saturated rings. The molecule has 0 saturated heterocycles. The van der Waals surface area contributed by atoms with Crippen LogP contribution >= 0.6 is 0 Å². The Balaban J connectivity index is 2.73. The molecule has 2 amide bonds. The molecule has 0 radical (unpaired) electrons. The van der Waals surface area contributed by atoms with Crippen LogP contribution in [-0.2, 0) is 10.0 Å². The minimum absolute atomic E-state index is 0.00678. The zero-order chi connectivity index (χ0) is 13.1. The monoisotopic (exact) mass is 257 g/mol. The summed E-state index contributed by atoms with van der Waals surface area (Å²) in [6.45, 7) is 3.67. The first kappa shape index (κ1) is 13.5. The van der Waals surface area contributed by atoms with E-state index >= 15 is 0 Å². The first-order valence-corrected chi connectivity index (χ1v) is 6.54. The van der Waals surface area contributed by atoms with E-state index < -0.39 is 10.0 Å². The number of nitrogens with two attached hydrogens (primary N) is 1. The largest absolute Gasteiger partial charge is 0.336 e. The Labute approximate surface area is 100 Å². The van der Waals surface area contributed by atoms with Crippen molar-refractivity contribution in [3.63, 3.8) is 0 Å². The molecule has 0 aromatic heterocycles. The summed E-state index contributed by atoms with van der Waals surface area (Å²) in [4.78, 5) is 11.3. The maximum Gasteiger partial charge on any atom is 0.319 e. The standard InChI is InChI=1S/C10H15N3O3S/c1-7(2)12-10(14)13-8-3-5-9(6-4-8)17(11,15)16/h3-7H,1-2H3,(H2,11,15,16)(H2,12,13,14). The molecular formula is C10H15N3O3S. The van der Waals surface area contributed by atoms with E-state index in [-0.39, 0.29) is 17.0 Å². The molecule has 0 atom stereocenters. The Kier molecular flexibility index (Phi) is 4.08. The van der Waals surface area contributed by atoms with Gasteiger partial charge in [-0.15, -0.1) is 0 Å². The van der Waals surface area contributed by atoms with Gasteiger partial charge in [0.2, 0.25) is 10.0 Å². The van der Waals surface area contributed by atoms with Crippen LogP contribution in [0.15, 0.2) is 29.2 Å². The molecule has 0 spiro atoms. The number of hydrogen-bond acceptors (Lipinski definition) is 3. The van der Waals surface area contributed by atoms with Crippen molar-refractivity contribution >= 4 is 21.7 Å². The zero-order valence-corrected chi connectivity index (χ0v) is 10.4. The Morgan fingerprint density at radius 1 is 1.24 bits per heavy atom. The minimum Gasteiger partial charge on any atom is -0.336 e. The van der Waals surface area contributed by atoms with Crippen molar-refractivity contribution in [3.8, 4) is 0 Å². The number of rotatable bonds is 3. The third-order valence-electron chi connectivity index (χ3n) is 1.86. The number of hydrogen-bond donors (Lipinski definition) is 3. The Morgan fingerprint density at radius 2 is 1.76 bits per heavy atom. The summed E-state index contributed by atoms with van der Waals surface area (Å²) in [5.74, 6) is 0. The number of benzene rings is 1. The van der Waals surface area contributed by atoms with Crippen LogP contribution in [-0.4, -0.2) is 20.5 Å². The number of nitrogens with one attached hydrogen (secondary N) is 2. The lowest BCUT2D eigenvalue weighted by molar-refractivity contribution is 0.250. The van der Waals surface area contributed by atoms with Crippen molar-refractivity contribution in [2.45, 2.75) is 24.8 Å². The molecule has 1 aromatic carbocycles. The highest BCUT2D eigenvalue weighted by Crippen LogP contribution is 2.12. The van der Waals surface area contributed by atoms with Crippen molar-refractivity contribution in [2.75, 3.05) is 5.32 Å². The van der Waals surface area contributed by atoms with Gasteiger partial charge in [-0.05, 0) is 38.1 Å². The summed E-state index contributed by atoms with van der Waals surface area (Å²) < 4.78 is 22.0. The van der Waals surface area contributed by atoms with Crippen LogP contribution in [0.5, 0.6) is 0 Å². The quantitative estimate of drug-likeness (QED) is 0.748. The van der Waals surface area contributed by atoms with Gasteiger partial charge in [0.15, 0.2) is 0 Å². The van der Waals surface area contributed by atoms with E-state index in [1.165, 1.54) is 24.3 Å². The smallest absolute Gasteiger partial charge is 0.319 e. The Morgan fingerprint density at radius 3 is 2.18 bits per heavy atom. The molecule has 0 aliphatic rings. The van der Waals surface area contributed by atoms with Crippen LogP contribution < -0.4 is 15.8 Å². The molecule has 0 unspecified atom stereocenters. The average Bonchev–Trinajstić information content (AvgIpc) is 2.15. The zero-order valence-electron chi connectivity index (χ0n) is 9.60. The maximum atomic E-state index is 11.3. The summed E-state index contributed by atoms with van der Waals surface area (Å²) in [5.41, 5.74) is 0.496. The van der Waals surface area contributed by atoms with Crippen LogP contribution in [0.2, 0.25) is 0 Å². The van der Waals surface area contributed by atoms with Crippen LogP contribution in [0.3, 0.4) is 0 Å². The van der Waals surface area contributed by atoms with Gasteiger partial charge in [0.25, 0.3) is 0 Å². The van der Waals surface area contributed by atoms with Gasteiger partial charge < -0.3 is 10.6 Å². The normalized spacial score (nSPS) is 11.3. The fourth-order valence-corrected chi connectivity index (χ4v) is 1.67. The van der Waals surface area contributed by atoms with Crippen LogP contribution in [0.4, 0.5) is 10.5 Å². The molecule has 0 bridgehead atoms. The number of carbonyl (C=O) groups excluding carboxylic acids is 1. The highest BCUT2D eigenvalue weighted by atomic mass is 32.2. The maximum absolute atomic E-state index is 11.3. The fourth-order valence-electron chi connectivity index (χ4n) is 1.16. The molecule has 4 N–H and O–H groups in total. The van der Waals surface area contributed by atoms with Gasteiger partial charge in [-0.2, -0.15) is 0 Å². The summed E-state index contributed by atoms with van der Waals surface area (Å²) in [5, 5.41) is 10.2. The van der Waals surface area contributed by atoms with Crippen LogP contribution in [0.1, 0.15) is 13.8 Å². The number of primary sulfonamides is 1. The van der Waals surface area contributed by atoms with Gasteiger partial charge in [0, 0.05) is 11.7 Å². The van der Waals surface area contributed by atoms with E-state index in [0.717, 1.165) is 0 Å². The summed E-state index contributed by atoms with van der Waals surface area (Å²) in [7, 11) is -3.70. The van der Waals surface area contributed by atoms with Crippen LogP contribution in [0.25, 0.3) is 0 Å². The van der Waals surface area contributed by atoms with E-state index in [2.05, 4.69) is 10.6 Å². The third-order valence-corrected chi connectivity index (χ3v) is 2.79. The van der Waals surface area contributed by atoms with Gasteiger partial charge >= 0.3 is 6.03 Å². The second kappa shape index (κ2) is 5.15. The summed E-state index contributed by atoms with van der Waals surface area (Å²) in [6.07, 6.45) is 0. The molecule has 7 heteroatoms. The van der Waals surface area contributed by atoms with E-state index in [1.807, 2.05) is 13.8 Å². The SMILES string of the molecule is CC(C)NC(=O)Nc1ccc(S(N)(=O)=O)cc1. The van der Waals surface area contributed by atoms with Gasteiger partial charge in [0.05, 0.1) is 4.90 Å². The average molecular weight is 257 g/mol. The van der Waals surface area contributed by atoms with Crippen molar-refractivity contribution < 1.29 is 13.2 Å². The minimum atomic E-state index is -3.70. The highest BCUT2D eigenvalue weighted by molar-refractivity contribution is 7.89. The van der Waals surface area contributed by atoms with E-state index in [4.69, 9.17) is 5.14 Å². The van der Waals surface area contributed by atoms with Crippen molar-refractivity contribution in [1.29, 1.82) is 0 Å². The number of urea groups is 1. The molecule has 17 heavy (non-hydrogen) atoms. The molecule has 0 aliphatic carbocycles. The van der Waals surface area contributed by atoms with Gasteiger partial charge in [-0.3, -0.25) is 0 Å². The lowest BCUT2D eigenvalue weighted by Gasteiger charge is -2.10. The van der Waals surface area contributed by atoms with Crippen molar-refractivity contribution in [1.82, 2.24) is 5.32 Å². The van der Waals surface area contributed by atoms with Crippen molar-refractivity contribution in [3.05, 3.63) is 24.3 Å². The summed E-state index contributed by atoms with van der Waals surface area (Å²) in [6, 6.07) is 5.29. The number of sulfonamides is 1. The fraction of sp³-hybridized carbons (Fsp3) is 0.300. The Bertz CT molecular complexity index is 494. The molecule has 0 aliphatic heterocycles. The third kappa shape index (κ3) is 4.41. The van der Waals surface area contributed by atoms with Crippen LogP contribution in [0, 0.1) is 0 Å². The second-order valence-corrected chi connectivity index (χ2v) is 5.38. The molecule has 1 rings (SSSR count). The van der Waals surface area contributed by atoms with Gasteiger partial charge in [-0.25, -0.2) is 18.4 Å². The Hall–Kier alpha value is -1.60. The highest BCUT2D eigenvalue weighted by Gasteiger charge is 2.08. The lowest BCUT2D eigenvalue weighted by atomic mass is 10.3. The molecular weight excluding hydrogens is 242 g/mol. The second-order valence-electron chi connectivity index (χ2n) is 3.82. The summed E-state index contributed by atoms with van der Waals surface area (Å²) >= 11 is 0. The predicted octanol–water partition coefficient (Wildman–Crippen LogP) is 0.864. The van der Waals surface area contributed by atoms with Crippen molar-refractivity contribution in [2.24, 2.45) is 5.14 Å². The van der Waals surface area contributed by atoms with Gasteiger partial charge in [0.1, 0.15) is 0 Å². The first-order valence-electron chi connectivity index (χ1n) is 4.99. The molecule has 0 saturated carbocycles. The number of anilines is 1. The predicted molar refractivity (Wildman–Crippen MR) is 65.1 cm³/mol. The van der Waals surface area contributed by atoms with Gasteiger partial charge in [-0.1, -0.05) is 0 Å². The number of carbonyl (C=O) groups is 1. The lowest BCUT2D eigenvalue weighted by Crippen LogP contribution is -2.34. The molecule has 94 valence electrons. The molecule has 6 nitrogen and oxygen atoms in total.